The highest BCUT2D eigenvalue weighted by molar-refractivity contribution is 7.96. The smallest absolute Gasteiger partial charge is 0.478 e. The highest BCUT2D eigenvalue weighted by Crippen LogP contribution is 2.51. The monoisotopic (exact) mass is 858 g/mol. The first-order chi connectivity index (χ1) is 22.7. The third kappa shape index (κ3) is 6.68. The van der Waals surface area contributed by atoms with Crippen LogP contribution in [0.5, 0.6) is 0 Å². The average molecular weight is 858 g/mol. The SMILES string of the molecule is O=C(O)c1cc(-c2cc(C(=O)O)c(C(=O)O)c(S(=O)(=O)C(F)(F)F)c2S(=O)(=O)C(F)(F)F)c(S(=O)(=O)C(F)(F)F)c(S(=O)(=O)C(F)(F)F)c1C(=O)O. The van der Waals surface area contributed by atoms with E-state index in [1.165, 1.54) is 0 Å². The van der Waals surface area contributed by atoms with Gasteiger partial charge >= 0.3 is 45.9 Å². The topological polar surface area (TPSA) is 286 Å². The molecule has 0 fully saturated rings. The molecule has 2 aromatic rings. The summed E-state index contributed by atoms with van der Waals surface area (Å²) in [4.78, 5) is 31.6. The summed E-state index contributed by atoms with van der Waals surface area (Å²) in [5.74, 6) is -13.3. The van der Waals surface area contributed by atoms with Crippen LogP contribution in [0.4, 0.5) is 52.7 Å². The van der Waals surface area contributed by atoms with E-state index in [9.17, 15) is 126 Å². The summed E-state index contributed by atoms with van der Waals surface area (Å²) in [6, 6.07) is -2.44. The summed E-state index contributed by atoms with van der Waals surface area (Å²) < 4.78 is 267. The zero-order valence-electron chi connectivity index (χ0n) is 23.0. The van der Waals surface area contributed by atoms with Gasteiger partial charge in [-0.15, -0.1) is 0 Å². The molecule has 0 saturated carbocycles. The molecule has 0 aliphatic rings. The van der Waals surface area contributed by atoms with Gasteiger partial charge in [0, 0.05) is 11.1 Å². The molecule has 0 unspecified atom stereocenters. The van der Waals surface area contributed by atoms with E-state index in [1.807, 2.05) is 0 Å². The number of benzene rings is 2. The number of halogens is 12. The molecular formula is C20H6F12O16S4. The van der Waals surface area contributed by atoms with Crippen molar-refractivity contribution in [3.05, 3.63) is 34.4 Å². The molecule has 0 aliphatic carbocycles. The first kappa shape index (κ1) is 43.4. The normalized spacial score (nSPS) is 13.8. The lowest BCUT2D eigenvalue weighted by atomic mass is 9.95. The zero-order valence-corrected chi connectivity index (χ0v) is 26.3. The van der Waals surface area contributed by atoms with Crippen molar-refractivity contribution >= 4 is 63.2 Å². The second kappa shape index (κ2) is 12.5. The summed E-state index contributed by atoms with van der Waals surface area (Å²) in [7, 11) is -33.0. The molecule has 0 amide bonds. The number of rotatable bonds is 9. The summed E-state index contributed by atoms with van der Waals surface area (Å²) in [5, 5.41) is 37.6. The van der Waals surface area contributed by atoms with Crippen molar-refractivity contribution in [3.63, 3.8) is 0 Å². The Morgan fingerprint density at radius 3 is 0.731 bits per heavy atom. The Hall–Kier alpha value is -4.72. The van der Waals surface area contributed by atoms with Crippen LogP contribution in [-0.2, 0) is 39.3 Å². The van der Waals surface area contributed by atoms with E-state index in [-0.39, 0.29) is 0 Å². The third-order valence-electron chi connectivity index (χ3n) is 5.94. The van der Waals surface area contributed by atoms with Crippen molar-refractivity contribution in [3.8, 4) is 11.1 Å². The molecule has 0 spiro atoms. The molecule has 0 heterocycles. The molecule has 0 atom stereocenters. The van der Waals surface area contributed by atoms with E-state index in [1.54, 1.807) is 0 Å². The summed E-state index contributed by atoms with van der Waals surface area (Å²) in [6.45, 7) is 0. The third-order valence-corrected chi connectivity index (χ3v) is 12.5. The van der Waals surface area contributed by atoms with Gasteiger partial charge in [0.25, 0.3) is 39.3 Å². The average Bonchev–Trinajstić information content (AvgIpc) is 2.91. The first-order valence-electron chi connectivity index (χ1n) is 11.3. The van der Waals surface area contributed by atoms with E-state index in [2.05, 4.69) is 0 Å². The molecule has 290 valence electrons. The molecule has 0 aliphatic heterocycles. The Kier molecular flexibility index (Phi) is 10.4. The Labute approximate surface area is 276 Å². The van der Waals surface area contributed by atoms with Gasteiger partial charge < -0.3 is 20.4 Å². The van der Waals surface area contributed by atoms with Crippen molar-refractivity contribution in [2.45, 2.75) is 41.6 Å². The molecule has 32 heteroatoms. The van der Waals surface area contributed by atoms with Gasteiger partial charge in [-0.05, 0) is 12.1 Å². The lowest BCUT2D eigenvalue weighted by Crippen LogP contribution is -2.34. The Bertz CT molecular complexity index is 2230. The minimum atomic E-state index is -8.31. The van der Waals surface area contributed by atoms with Gasteiger partial charge in [0.15, 0.2) is 0 Å². The van der Waals surface area contributed by atoms with Crippen LogP contribution in [0.25, 0.3) is 11.1 Å². The molecule has 2 aromatic carbocycles. The molecule has 0 aromatic heterocycles. The van der Waals surface area contributed by atoms with Crippen LogP contribution in [-0.4, -0.2) is 100 Å². The van der Waals surface area contributed by atoms with Crippen LogP contribution in [0.2, 0.25) is 0 Å². The van der Waals surface area contributed by atoms with E-state index in [0.717, 1.165) is 0 Å². The number of carbonyl (C=O) groups is 4. The molecule has 0 bridgehead atoms. The largest absolute Gasteiger partial charge is 0.501 e. The Morgan fingerprint density at radius 2 is 0.577 bits per heavy atom. The number of sulfone groups is 4. The van der Waals surface area contributed by atoms with Gasteiger partial charge in [-0.1, -0.05) is 0 Å². The van der Waals surface area contributed by atoms with Crippen LogP contribution in [0.3, 0.4) is 0 Å². The molecule has 2 rings (SSSR count). The number of hydrogen-bond donors (Lipinski definition) is 4. The summed E-state index contributed by atoms with van der Waals surface area (Å²) in [6.07, 6.45) is 0. The van der Waals surface area contributed by atoms with E-state index < -0.39 is 150 Å². The number of aromatic carboxylic acids is 4. The maximum absolute atomic E-state index is 14.0. The van der Waals surface area contributed by atoms with Gasteiger partial charge in [-0.2, -0.15) is 52.7 Å². The predicted octanol–water partition coefficient (Wildman–Crippen LogP) is 3.32. The summed E-state index contributed by atoms with van der Waals surface area (Å²) >= 11 is 0. The van der Waals surface area contributed by atoms with Crippen molar-refractivity contribution < 1.29 is 126 Å². The molecular weight excluding hydrogens is 852 g/mol. The Morgan fingerprint density at radius 1 is 0.385 bits per heavy atom. The maximum Gasteiger partial charge on any atom is 0.501 e. The number of carboxylic acid groups (broad SMARTS) is 4. The first-order valence-corrected chi connectivity index (χ1v) is 17.3. The minimum Gasteiger partial charge on any atom is -0.478 e. The quantitative estimate of drug-likeness (QED) is 0.263. The fourth-order valence-electron chi connectivity index (χ4n) is 3.95. The number of alkyl halides is 12. The van der Waals surface area contributed by atoms with Crippen molar-refractivity contribution in [1.82, 2.24) is 0 Å². The molecule has 0 saturated heterocycles. The van der Waals surface area contributed by atoms with E-state index >= 15 is 0 Å². The van der Waals surface area contributed by atoms with Crippen molar-refractivity contribution in [2.75, 3.05) is 0 Å². The van der Waals surface area contributed by atoms with E-state index in [0.29, 0.717) is 0 Å². The zero-order chi connectivity index (χ0) is 41.5. The minimum absolute atomic E-state index is 1.22. The molecule has 16 nitrogen and oxygen atoms in total. The Balaban J connectivity index is 4.12. The van der Waals surface area contributed by atoms with E-state index in [4.69, 9.17) is 0 Å². The van der Waals surface area contributed by atoms with Crippen LogP contribution >= 0.6 is 0 Å². The highest BCUT2D eigenvalue weighted by Gasteiger charge is 2.60. The van der Waals surface area contributed by atoms with Crippen molar-refractivity contribution in [1.29, 1.82) is 0 Å². The van der Waals surface area contributed by atoms with Gasteiger partial charge in [-0.25, -0.2) is 52.8 Å². The van der Waals surface area contributed by atoms with Crippen LogP contribution in [0, 0.1) is 0 Å². The molecule has 4 N–H and O–H groups in total. The van der Waals surface area contributed by atoms with Gasteiger partial charge in [-0.3, -0.25) is 0 Å². The maximum atomic E-state index is 14.0. The standard InChI is InChI=1S/C20H6F12O16S4/c21-17(22,23)49(41,42)9-3(1-5(13(33)34)7(15(37)38)11(9)51(45,46)19(27,28)29)4-2-6(14(35)36)8(16(39)40)12(52(47,48)20(30,31)32)10(4)50(43,44)18(24,25)26/h1-2H,(H,33,34)(H,35,36)(H,37,38)(H,39,40). The van der Waals surface area contributed by atoms with Crippen LogP contribution < -0.4 is 0 Å². The number of hydrogen-bond acceptors (Lipinski definition) is 12. The lowest BCUT2D eigenvalue weighted by molar-refractivity contribution is -0.0457. The second-order valence-electron chi connectivity index (χ2n) is 9.03. The predicted molar refractivity (Wildman–Crippen MR) is 133 cm³/mol. The lowest BCUT2D eigenvalue weighted by Gasteiger charge is -2.25. The van der Waals surface area contributed by atoms with Gasteiger partial charge in [0.05, 0.1) is 22.3 Å². The van der Waals surface area contributed by atoms with Gasteiger partial charge in [0.2, 0.25) is 0 Å². The highest BCUT2D eigenvalue weighted by atomic mass is 32.2. The van der Waals surface area contributed by atoms with Crippen molar-refractivity contribution in [2.24, 2.45) is 0 Å². The van der Waals surface area contributed by atoms with Crippen LogP contribution in [0.15, 0.2) is 31.7 Å². The molecule has 52 heavy (non-hydrogen) atoms. The molecule has 0 radical (unpaired) electrons. The van der Waals surface area contributed by atoms with Gasteiger partial charge in [0.1, 0.15) is 19.6 Å². The van der Waals surface area contributed by atoms with Crippen LogP contribution in [0.1, 0.15) is 41.4 Å². The fraction of sp³-hybridized carbons (Fsp3) is 0.200. The number of carboxylic acids is 4. The second-order valence-corrected chi connectivity index (χ2v) is 16.5. The fourth-order valence-corrected chi connectivity index (χ4v) is 9.44. The summed E-state index contributed by atoms with van der Waals surface area (Å²) in [5.41, 5.74) is -47.8.